The molecule has 0 bridgehead atoms. The molecule has 3 N–H and O–H groups in total. The monoisotopic (exact) mass is 538 g/mol. The molecule has 8 heteroatoms. The minimum absolute atomic E-state index is 0. The molecule has 0 aliphatic rings. The summed E-state index contributed by atoms with van der Waals surface area (Å²) in [5, 5.41) is 9.49. The molecule has 30 heavy (non-hydrogen) atoms. The van der Waals surface area contributed by atoms with Crippen molar-refractivity contribution in [2.24, 2.45) is 4.99 Å². The Bertz CT molecular complexity index is 954. The summed E-state index contributed by atoms with van der Waals surface area (Å²) in [5.74, 6) is 0.781. The highest BCUT2D eigenvalue weighted by Gasteiger charge is 2.09. The van der Waals surface area contributed by atoms with Gasteiger partial charge in [0.2, 0.25) is 0 Å². The summed E-state index contributed by atoms with van der Waals surface area (Å²) in [4.78, 5) is 19.5. The van der Waals surface area contributed by atoms with E-state index < -0.39 is 0 Å². The second-order valence-electron chi connectivity index (χ2n) is 6.40. The first kappa shape index (κ1) is 23.9. The number of hydrogen-bond donors (Lipinski definition) is 3. The Balaban J connectivity index is 0.00000320. The number of amides is 1. The minimum Gasteiger partial charge on any atom is -0.459 e. The fourth-order valence-electron chi connectivity index (χ4n) is 2.74. The van der Waals surface area contributed by atoms with Crippen molar-refractivity contribution < 1.29 is 9.21 Å². The van der Waals surface area contributed by atoms with Crippen molar-refractivity contribution in [3.63, 3.8) is 0 Å². The first-order valence-electron chi connectivity index (χ1n) is 9.71. The number of benzene rings is 1. The lowest BCUT2D eigenvalue weighted by Gasteiger charge is -2.11. The van der Waals surface area contributed by atoms with Crippen LogP contribution in [0.3, 0.4) is 0 Å². The van der Waals surface area contributed by atoms with E-state index in [4.69, 9.17) is 4.42 Å². The number of guanidine groups is 1. The van der Waals surface area contributed by atoms with Crippen LogP contribution in [0, 0.1) is 0 Å². The van der Waals surface area contributed by atoms with Crippen LogP contribution in [-0.4, -0.2) is 18.4 Å². The number of furan rings is 1. The minimum atomic E-state index is -0.270. The maximum absolute atomic E-state index is 12.1. The lowest BCUT2D eigenvalue weighted by molar-refractivity contribution is 0.0996. The molecule has 0 radical (unpaired) electrons. The second kappa shape index (κ2) is 12.4. The van der Waals surface area contributed by atoms with E-state index in [2.05, 4.69) is 40.0 Å². The SMILES string of the molecule is CCNC(=NCc1cccc(NC(=O)c2ccco2)c1)NCc1ccc(CC)s1.I. The molecule has 2 heterocycles. The summed E-state index contributed by atoms with van der Waals surface area (Å²) in [7, 11) is 0. The maximum atomic E-state index is 12.1. The molecule has 2 aromatic heterocycles. The van der Waals surface area contributed by atoms with Gasteiger partial charge in [-0.25, -0.2) is 4.99 Å². The van der Waals surface area contributed by atoms with Gasteiger partial charge in [0.05, 0.1) is 19.4 Å². The summed E-state index contributed by atoms with van der Waals surface area (Å²) in [5.41, 5.74) is 1.71. The van der Waals surface area contributed by atoms with E-state index >= 15 is 0 Å². The normalized spacial score (nSPS) is 10.9. The van der Waals surface area contributed by atoms with Gasteiger partial charge in [0.25, 0.3) is 5.91 Å². The molecule has 6 nitrogen and oxygen atoms in total. The van der Waals surface area contributed by atoms with E-state index in [0.29, 0.717) is 12.2 Å². The molecule has 0 saturated carbocycles. The Hall–Kier alpha value is -2.33. The number of hydrogen-bond acceptors (Lipinski definition) is 4. The summed E-state index contributed by atoms with van der Waals surface area (Å²) >= 11 is 1.82. The van der Waals surface area contributed by atoms with E-state index in [0.717, 1.165) is 31.0 Å². The van der Waals surface area contributed by atoms with Crippen molar-refractivity contribution in [3.05, 3.63) is 75.9 Å². The number of halogens is 1. The fraction of sp³-hybridized carbons (Fsp3) is 0.273. The molecular weight excluding hydrogens is 511 g/mol. The number of nitrogens with one attached hydrogen (secondary N) is 3. The van der Waals surface area contributed by atoms with Crippen LogP contribution in [0.25, 0.3) is 0 Å². The number of aryl methyl sites for hydroxylation is 1. The summed E-state index contributed by atoms with van der Waals surface area (Å²) in [6.45, 7) is 6.25. The third-order valence-electron chi connectivity index (χ3n) is 4.19. The highest BCUT2D eigenvalue weighted by Crippen LogP contribution is 2.16. The number of carbonyl (C=O) groups is 1. The highest BCUT2D eigenvalue weighted by atomic mass is 127. The Morgan fingerprint density at radius 1 is 1.07 bits per heavy atom. The van der Waals surface area contributed by atoms with Gasteiger partial charge in [-0.15, -0.1) is 35.3 Å². The zero-order valence-corrected chi connectivity index (χ0v) is 20.3. The number of rotatable bonds is 8. The van der Waals surface area contributed by atoms with Crippen molar-refractivity contribution >= 4 is 52.9 Å². The average Bonchev–Trinajstić information content (AvgIpc) is 3.42. The van der Waals surface area contributed by atoms with Crippen LogP contribution in [0.1, 0.15) is 39.7 Å². The van der Waals surface area contributed by atoms with Gasteiger partial charge in [-0.05, 0) is 55.3 Å². The first-order valence-corrected chi connectivity index (χ1v) is 10.5. The van der Waals surface area contributed by atoms with E-state index in [1.54, 1.807) is 12.1 Å². The molecule has 0 aliphatic heterocycles. The predicted molar refractivity (Wildman–Crippen MR) is 134 cm³/mol. The standard InChI is InChI=1S/C22H26N4O2S.HI/c1-3-18-10-11-19(29-18)15-25-22(23-4-2)24-14-16-7-5-8-17(13-16)26-21(27)20-9-6-12-28-20;/h5-13H,3-4,14-15H2,1-2H3,(H,26,27)(H2,23,24,25);1H. The van der Waals surface area contributed by atoms with Gasteiger partial charge in [0, 0.05) is 22.0 Å². The zero-order valence-electron chi connectivity index (χ0n) is 17.1. The van der Waals surface area contributed by atoms with Gasteiger partial charge in [-0.2, -0.15) is 0 Å². The van der Waals surface area contributed by atoms with Gasteiger partial charge in [0.1, 0.15) is 0 Å². The van der Waals surface area contributed by atoms with Crippen LogP contribution < -0.4 is 16.0 Å². The Morgan fingerprint density at radius 2 is 1.90 bits per heavy atom. The summed E-state index contributed by atoms with van der Waals surface area (Å²) < 4.78 is 5.13. The van der Waals surface area contributed by atoms with Crippen LogP contribution in [0.4, 0.5) is 5.69 Å². The molecule has 1 aromatic carbocycles. The molecule has 0 unspecified atom stereocenters. The smallest absolute Gasteiger partial charge is 0.291 e. The zero-order chi connectivity index (χ0) is 20.5. The Labute approximate surface area is 198 Å². The molecule has 3 aromatic rings. The summed E-state index contributed by atoms with van der Waals surface area (Å²) in [6, 6.07) is 15.3. The van der Waals surface area contributed by atoms with Crippen LogP contribution in [0.5, 0.6) is 0 Å². The van der Waals surface area contributed by atoms with Crippen molar-refractivity contribution in [2.75, 3.05) is 11.9 Å². The molecule has 160 valence electrons. The van der Waals surface area contributed by atoms with Gasteiger partial charge in [-0.3, -0.25) is 4.79 Å². The van der Waals surface area contributed by atoms with Crippen LogP contribution in [0.2, 0.25) is 0 Å². The maximum Gasteiger partial charge on any atom is 0.291 e. The predicted octanol–water partition coefficient (Wildman–Crippen LogP) is 5.03. The van der Waals surface area contributed by atoms with Gasteiger partial charge in [-0.1, -0.05) is 19.1 Å². The van der Waals surface area contributed by atoms with Gasteiger partial charge < -0.3 is 20.4 Å². The highest BCUT2D eigenvalue weighted by molar-refractivity contribution is 14.0. The fourth-order valence-corrected chi connectivity index (χ4v) is 3.64. The van der Waals surface area contributed by atoms with E-state index in [9.17, 15) is 4.79 Å². The average molecular weight is 538 g/mol. The van der Waals surface area contributed by atoms with Crippen molar-refractivity contribution in [2.45, 2.75) is 33.4 Å². The molecule has 0 spiro atoms. The third kappa shape index (κ3) is 7.17. The van der Waals surface area contributed by atoms with Crippen molar-refractivity contribution in [1.82, 2.24) is 10.6 Å². The number of aliphatic imine (C=N–C) groups is 1. The lowest BCUT2D eigenvalue weighted by atomic mass is 10.2. The van der Waals surface area contributed by atoms with Gasteiger partial charge >= 0.3 is 0 Å². The molecule has 0 fully saturated rings. The first-order chi connectivity index (χ1) is 14.2. The van der Waals surface area contributed by atoms with Gasteiger partial charge in [0.15, 0.2) is 11.7 Å². The second-order valence-corrected chi connectivity index (χ2v) is 7.65. The Morgan fingerprint density at radius 3 is 2.60 bits per heavy atom. The molecule has 0 saturated heterocycles. The Kier molecular flexibility index (Phi) is 9.88. The van der Waals surface area contributed by atoms with Crippen molar-refractivity contribution in [3.8, 4) is 0 Å². The van der Waals surface area contributed by atoms with Crippen LogP contribution in [-0.2, 0) is 19.5 Å². The van der Waals surface area contributed by atoms with E-state index in [1.165, 1.54) is 16.0 Å². The van der Waals surface area contributed by atoms with Crippen LogP contribution >= 0.6 is 35.3 Å². The topological polar surface area (TPSA) is 78.7 Å². The lowest BCUT2D eigenvalue weighted by Crippen LogP contribution is -2.36. The molecule has 1 amide bonds. The molecule has 0 aliphatic carbocycles. The molecular formula is C22H27IN4O2S. The number of nitrogens with zero attached hydrogens (tertiary/aromatic N) is 1. The third-order valence-corrected chi connectivity index (χ3v) is 5.42. The van der Waals surface area contributed by atoms with Crippen molar-refractivity contribution in [1.29, 1.82) is 0 Å². The molecule has 0 atom stereocenters. The largest absolute Gasteiger partial charge is 0.459 e. The van der Waals surface area contributed by atoms with E-state index in [-0.39, 0.29) is 35.6 Å². The molecule has 3 rings (SSSR count). The quantitative estimate of drug-likeness (QED) is 0.214. The number of thiophene rings is 1. The number of anilines is 1. The van der Waals surface area contributed by atoms with E-state index in [1.807, 2.05) is 42.5 Å². The summed E-state index contributed by atoms with van der Waals surface area (Å²) in [6.07, 6.45) is 2.54. The van der Waals surface area contributed by atoms with Crippen LogP contribution in [0.15, 0.2) is 64.2 Å². The number of carbonyl (C=O) groups excluding carboxylic acids is 1.